The van der Waals surface area contributed by atoms with E-state index in [1.165, 1.54) is 29.3 Å². The fourth-order valence-corrected chi connectivity index (χ4v) is 1.87. The molecule has 1 aromatic carbocycles. The summed E-state index contributed by atoms with van der Waals surface area (Å²) in [6.45, 7) is 2.05. The van der Waals surface area contributed by atoms with E-state index in [1.807, 2.05) is 0 Å². The second kappa shape index (κ2) is 5.96. The molecule has 0 fully saturated rings. The van der Waals surface area contributed by atoms with Crippen molar-refractivity contribution in [3.05, 3.63) is 58.9 Å². The van der Waals surface area contributed by atoms with Crippen molar-refractivity contribution in [2.45, 2.75) is 6.92 Å². The van der Waals surface area contributed by atoms with Crippen LogP contribution in [0.3, 0.4) is 0 Å². The highest BCUT2D eigenvalue weighted by molar-refractivity contribution is 6.29. The average Bonchev–Trinajstić information content (AvgIpc) is 2.44. The Balaban J connectivity index is 2.33. The number of benzene rings is 1. The predicted octanol–water partition coefficient (Wildman–Crippen LogP) is 3.68. The minimum Gasteiger partial charge on any atom is -0.308 e. The molecule has 0 N–H and O–H groups in total. The van der Waals surface area contributed by atoms with Gasteiger partial charge in [-0.05, 0) is 31.2 Å². The number of nitrogens with zero attached hydrogens (tertiary/aromatic N) is 2. The second-order valence-electron chi connectivity index (χ2n) is 4.02. The van der Waals surface area contributed by atoms with Gasteiger partial charge in [0.15, 0.2) is 11.6 Å². The molecule has 2 aromatic rings. The topological polar surface area (TPSA) is 33.2 Å². The summed E-state index contributed by atoms with van der Waals surface area (Å²) >= 11 is 5.66. The van der Waals surface area contributed by atoms with Crippen molar-refractivity contribution >= 4 is 23.2 Å². The first-order chi connectivity index (χ1) is 9.52. The highest BCUT2D eigenvalue weighted by Gasteiger charge is 2.17. The van der Waals surface area contributed by atoms with E-state index in [2.05, 4.69) is 4.98 Å². The van der Waals surface area contributed by atoms with E-state index < -0.39 is 11.6 Å². The Hall–Kier alpha value is -2.01. The zero-order chi connectivity index (χ0) is 14.7. The number of amides is 1. The number of rotatable bonds is 3. The van der Waals surface area contributed by atoms with Crippen molar-refractivity contribution in [1.29, 1.82) is 0 Å². The molecule has 1 heterocycles. The van der Waals surface area contributed by atoms with Gasteiger partial charge >= 0.3 is 0 Å². The van der Waals surface area contributed by atoms with Crippen LogP contribution in [0.1, 0.15) is 17.3 Å². The van der Waals surface area contributed by atoms with Gasteiger partial charge in [-0.2, -0.15) is 0 Å². The molecular weight excluding hydrogens is 286 g/mol. The minimum atomic E-state index is -0.997. The predicted molar refractivity (Wildman–Crippen MR) is 73.0 cm³/mol. The lowest BCUT2D eigenvalue weighted by Crippen LogP contribution is -2.30. The molecule has 0 aliphatic carbocycles. The second-order valence-corrected chi connectivity index (χ2v) is 4.40. The van der Waals surface area contributed by atoms with Crippen LogP contribution < -0.4 is 4.90 Å². The van der Waals surface area contributed by atoms with Crippen LogP contribution in [-0.4, -0.2) is 17.4 Å². The quantitative estimate of drug-likeness (QED) is 0.810. The molecule has 0 bridgehead atoms. The molecule has 0 saturated carbocycles. The van der Waals surface area contributed by atoms with E-state index in [4.69, 9.17) is 11.6 Å². The van der Waals surface area contributed by atoms with Crippen molar-refractivity contribution in [2.24, 2.45) is 0 Å². The fourth-order valence-electron chi connectivity index (χ4n) is 1.75. The van der Waals surface area contributed by atoms with Gasteiger partial charge in [-0.3, -0.25) is 4.79 Å². The molecule has 0 radical (unpaired) electrons. The summed E-state index contributed by atoms with van der Waals surface area (Å²) in [5.41, 5.74) is 0.604. The third kappa shape index (κ3) is 2.93. The number of aromatic nitrogens is 1. The summed E-state index contributed by atoms with van der Waals surface area (Å²) < 4.78 is 26.2. The summed E-state index contributed by atoms with van der Waals surface area (Å²) in [6, 6.07) is 6.35. The monoisotopic (exact) mass is 296 g/mol. The third-order valence-corrected chi connectivity index (χ3v) is 2.97. The van der Waals surface area contributed by atoms with E-state index in [1.54, 1.807) is 6.92 Å². The molecule has 2 rings (SSSR count). The Morgan fingerprint density at radius 1 is 1.25 bits per heavy atom. The Kier molecular flexibility index (Phi) is 4.29. The van der Waals surface area contributed by atoms with E-state index >= 15 is 0 Å². The van der Waals surface area contributed by atoms with Crippen LogP contribution in [0.25, 0.3) is 0 Å². The number of carbonyl (C=O) groups excluding carboxylic acids is 1. The van der Waals surface area contributed by atoms with Gasteiger partial charge in [0.25, 0.3) is 5.91 Å². The molecule has 0 aliphatic heterocycles. The van der Waals surface area contributed by atoms with Crippen molar-refractivity contribution in [1.82, 2.24) is 4.98 Å². The lowest BCUT2D eigenvalue weighted by atomic mass is 10.2. The Morgan fingerprint density at radius 3 is 2.55 bits per heavy atom. The van der Waals surface area contributed by atoms with Crippen LogP contribution >= 0.6 is 11.6 Å². The van der Waals surface area contributed by atoms with Crippen molar-refractivity contribution in [2.75, 3.05) is 11.4 Å². The van der Waals surface area contributed by atoms with Crippen molar-refractivity contribution in [3.8, 4) is 0 Å². The van der Waals surface area contributed by atoms with Crippen LogP contribution in [0.2, 0.25) is 5.15 Å². The molecule has 1 aromatic heterocycles. The highest BCUT2D eigenvalue weighted by atomic mass is 35.5. The van der Waals surface area contributed by atoms with E-state index in [0.29, 0.717) is 12.1 Å². The van der Waals surface area contributed by atoms with Crippen LogP contribution in [0.5, 0.6) is 0 Å². The third-order valence-electron chi connectivity index (χ3n) is 2.75. The normalized spacial score (nSPS) is 10.4. The van der Waals surface area contributed by atoms with Crippen LogP contribution in [0.4, 0.5) is 14.5 Å². The standard InChI is InChI=1S/C14H11ClF2N2O/c1-2-19(10-4-5-11(16)12(17)7-10)14(20)9-3-6-13(15)18-8-9/h3-8H,2H2,1H3. The Morgan fingerprint density at radius 2 is 2.00 bits per heavy atom. The molecule has 20 heavy (non-hydrogen) atoms. The van der Waals surface area contributed by atoms with Crippen molar-refractivity contribution in [3.63, 3.8) is 0 Å². The fraction of sp³-hybridized carbons (Fsp3) is 0.143. The van der Waals surface area contributed by atoms with Crippen molar-refractivity contribution < 1.29 is 13.6 Å². The maximum atomic E-state index is 13.3. The van der Waals surface area contributed by atoms with Gasteiger partial charge in [0.2, 0.25) is 0 Å². The first-order valence-corrected chi connectivity index (χ1v) is 6.29. The Labute approximate surface area is 119 Å². The molecular formula is C14H11ClF2N2O. The molecule has 0 spiro atoms. The van der Waals surface area contributed by atoms with Gasteiger partial charge in [-0.1, -0.05) is 11.6 Å². The van der Waals surface area contributed by atoms with Gasteiger partial charge in [0.1, 0.15) is 5.15 Å². The van der Waals surface area contributed by atoms with Crippen LogP contribution in [0, 0.1) is 11.6 Å². The van der Waals surface area contributed by atoms with Crippen LogP contribution in [-0.2, 0) is 0 Å². The number of pyridine rings is 1. The lowest BCUT2D eigenvalue weighted by Gasteiger charge is -2.21. The number of carbonyl (C=O) groups is 1. The first kappa shape index (κ1) is 14.4. The molecule has 0 saturated heterocycles. The molecule has 6 heteroatoms. The van der Waals surface area contributed by atoms with E-state index in [0.717, 1.165) is 12.1 Å². The average molecular weight is 297 g/mol. The van der Waals surface area contributed by atoms with Gasteiger partial charge < -0.3 is 4.90 Å². The maximum Gasteiger partial charge on any atom is 0.259 e. The number of hydrogen-bond acceptors (Lipinski definition) is 2. The summed E-state index contributed by atoms with van der Waals surface area (Å²) in [5.74, 6) is -2.31. The molecule has 0 unspecified atom stereocenters. The highest BCUT2D eigenvalue weighted by Crippen LogP contribution is 2.20. The van der Waals surface area contributed by atoms with Gasteiger partial charge in [-0.25, -0.2) is 13.8 Å². The molecule has 0 atom stereocenters. The zero-order valence-electron chi connectivity index (χ0n) is 10.6. The van der Waals surface area contributed by atoms with Gasteiger partial charge in [0, 0.05) is 24.5 Å². The maximum absolute atomic E-state index is 13.3. The largest absolute Gasteiger partial charge is 0.308 e. The van der Waals surface area contributed by atoms with E-state index in [9.17, 15) is 13.6 Å². The number of anilines is 1. The molecule has 0 aliphatic rings. The van der Waals surface area contributed by atoms with Gasteiger partial charge in [-0.15, -0.1) is 0 Å². The zero-order valence-corrected chi connectivity index (χ0v) is 11.4. The number of hydrogen-bond donors (Lipinski definition) is 0. The summed E-state index contributed by atoms with van der Waals surface area (Å²) in [4.78, 5) is 17.5. The number of halogens is 3. The van der Waals surface area contributed by atoms with Crippen LogP contribution in [0.15, 0.2) is 36.5 Å². The minimum absolute atomic E-state index is 0.275. The summed E-state index contributed by atoms with van der Waals surface area (Å²) in [5, 5.41) is 0.275. The first-order valence-electron chi connectivity index (χ1n) is 5.91. The van der Waals surface area contributed by atoms with Gasteiger partial charge in [0.05, 0.1) is 5.56 Å². The summed E-state index contributed by atoms with van der Waals surface area (Å²) in [7, 11) is 0. The Bertz CT molecular complexity index is 632. The SMILES string of the molecule is CCN(C(=O)c1ccc(Cl)nc1)c1ccc(F)c(F)c1. The summed E-state index contributed by atoms with van der Waals surface area (Å²) in [6.07, 6.45) is 1.34. The molecule has 104 valence electrons. The lowest BCUT2D eigenvalue weighted by molar-refractivity contribution is 0.0988. The molecule has 3 nitrogen and oxygen atoms in total. The molecule has 1 amide bonds. The van der Waals surface area contributed by atoms with E-state index in [-0.39, 0.29) is 16.7 Å². The smallest absolute Gasteiger partial charge is 0.259 e.